The molecule has 0 amide bonds. The van der Waals surface area contributed by atoms with Crippen molar-refractivity contribution in [1.82, 2.24) is 0 Å². The Balaban J connectivity index is 1.97. The van der Waals surface area contributed by atoms with Gasteiger partial charge >= 0.3 is 0 Å². The molecule has 0 heterocycles. The molecule has 2 rings (SSSR count). The zero-order valence-electron chi connectivity index (χ0n) is 10.6. The SMILES string of the molecule is Cc1ccc(C(=O)C=CNc2ccc(I)cc2)cc1. The van der Waals surface area contributed by atoms with Gasteiger partial charge in [-0.3, -0.25) is 4.79 Å². The van der Waals surface area contributed by atoms with Crippen molar-refractivity contribution in [2.45, 2.75) is 6.92 Å². The van der Waals surface area contributed by atoms with Crippen LogP contribution < -0.4 is 5.32 Å². The van der Waals surface area contributed by atoms with Crippen LogP contribution in [-0.2, 0) is 0 Å². The molecule has 3 heteroatoms. The Hall–Kier alpha value is -1.62. The number of hydrogen-bond acceptors (Lipinski definition) is 2. The Morgan fingerprint density at radius 1 is 1.05 bits per heavy atom. The zero-order chi connectivity index (χ0) is 13.7. The topological polar surface area (TPSA) is 29.1 Å². The van der Waals surface area contributed by atoms with Gasteiger partial charge in [-0.2, -0.15) is 0 Å². The van der Waals surface area contributed by atoms with Crippen LogP contribution in [0.5, 0.6) is 0 Å². The standard InChI is InChI=1S/C16H14INO/c1-12-2-4-13(5-3-12)16(19)10-11-18-15-8-6-14(17)7-9-15/h2-11,18H,1H3. The van der Waals surface area contributed by atoms with E-state index in [0.29, 0.717) is 5.56 Å². The number of carbonyl (C=O) groups excluding carboxylic acids is 1. The van der Waals surface area contributed by atoms with Crippen molar-refractivity contribution in [3.05, 3.63) is 75.5 Å². The van der Waals surface area contributed by atoms with E-state index in [0.717, 1.165) is 11.3 Å². The van der Waals surface area contributed by atoms with Crippen molar-refractivity contribution in [3.63, 3.8) is 0 Å². The predicted octanol–water partition coefficient (Wildman–Crippen LogP) is 4.41. The molecule has 0 saturated heterocycles. The summed E-state index contributed by atoms with van der Waals surface area (Å²) in [6.45, 7) is 2.00. The Bertz CT molecular complexity index is 585. The number of hydrogen-bond donors (Lipinski definition) is 1. The van der Waals surface area contributed by atoms with Gasteiger partial charge in [-0.25, -0.2) is 0 Å². The molecule has 96 valence electrons. The van der Waals surface area contributed by atoms with Crippen molar-refractivity contribution in [3.8, 4) is 0 Å². The second-order valence-corrected chi connectivity index (χ2v) is 5.46. The molecule has 2 nitrogen and oxygen atoms in total. The number of halogens is 1. The fourth-order valence-electron chi connectivity index (χ4n) is 1.57. The molecule has 0 fully saturated rings. The summed E-state index contributed by atoms with van der Waals surface area (Å²) < 4.78 is 1.18. The van der Waals surface area contributed by atoms with E-state index in [2.05, 4.69) is 27.9 Å². The number of carbonyl (C=O) groups is 1. The highest BCUT2D eigenvalue weighted by Gasteiger charge is 1.99. The average molecular weight is 363 g/mol. The van der Waals surface area contributed by atoms with Crippen LogP contribution in [0.25, 0.3) is 0 Å². The van der Waals surface area contributed by atoms with Crippen molar-refractivity contribution < 1.29 is 4.79 Å². The van der Waals surface area contributed by atoms with Gasteiger partial charge in [0.15, 0.2) is 5.78 Å². The highest BCUT2D eigenvalue weighted by Crippen LogP contribution is 2.11. The summed E-state index contributed by atoms with van der Waals surface area (Å²) in [6.07, 6.45) is 3.22. The lowest BCUT2D eigenvalue weighted by molar-refractivity contribution is 0.104. The molecule has 19 heavy (non-hydrogen) atoms. The first-order valence-electron chi connectivity index (χ1n) is 5.95. The summed E-state index contributed by atoms with van der Waals surface area (Å²) in [7, 11) is 0. The Labute approximate surface area is 126 Å². The van der Waals surface area contributed by atoms with Gasteiger partial charge in [-0.1, -0.05) is 29.8 Å². The second kappa shape index (κ2) is 6.52. The summed E-state index contributed by atoms with van der Waals surface area (Å²) in [6, 6.07) is 15.5. The maximum absolute atomic E-state index is 11.9. The van der Waals surface area contributed by atoms with E-state index in [4.69, 9.17) is 0 Å². The smallest absolute Gasteiger partial charge is 0.187 e. The fraction of sp³-hybridized carbons (Fsp3) is 0.0625. The monoisotopic (exact) mass is 363 g/mol. The van der Waals surface area contributed by atoms with E-state index in [1.807, 2.05) is 55.5 Å². The number of nitrogens with one attached hydrogen (secondary N) is 1. The Morgan fingerprint density at radius 3 is 2.32 bits per heavy atom. The van der Waals surface area contributed by atoms with Gasteiger partial charge in [-0.05, 0) is 53.8 Å². The van der Waals surface area contributed by atoms with Crippen LogP contribution in [0.3, 0.4) is 0 Å². The first-order valence-corrected chi connectivity index (χ1v) is 7.03. The molecular formula is C16H14INO. The van der Waals surface area contributed by atoms with Gasteiger partial charge in [0.2, 0.25) is 0 Å². The number of rotatable bonds is 4. The number of ketones is 1. The van der Waals surface area contributed by atoms with E-state index < -0.39 is 0 Å². The van der Waals surface area contributed by atoms with Crippen LogP contribution in [0.2, 0.25) is 0 Å². The molecular weight excluding hydrogens is 349 g/mol. The molecule has 0 saturated carbocycles. The molecule has 2 aromatic carbocycles. The summed E-state index contributed by atoms with van der Waals surface area (Å²) in [5.74, 6) is -0.00184. The van der Waals surface area contributed by atoms with Gasteiger partial charge in [0, 0.05) is 27.1 Å². The molecule has 0 spiro atoms. The number of aryl methyl sites for hydroxylation is 1. The number of benzene rings is 2. The van der Waals surface area contributed by atoms with Crippen LogP contribution in [0.1, 0.15) is 15.9 Å². The van der Waals surface area contributed by atoms with E-state index in [1.54, 1.807) is 12.3 Å². The predicted molar refractivity (Wildman–Crippen MR) is 87.4 cm³/mol. The summed E-state index contributed by atoms with van der Waals surface area (Å²) in [5, 5.41) is 3.08. The molecule has 2 aromatic rings. The van der Waals surface area contributed by atoms with Crippen LogP contribution in [0, 0.1) is 10.5 Å². The third-order valence-corrected chi connectivity index (χ3v) is 3.38. The molecule has 0 radical (unpaired) electrons. The first kappa shape index (κ1) is 13.8. The van der Waals surface area contributed by atoms with Crippen molar-refractivity contribution in [2.24, 2.45) is 0 Å². The lowest BCUT2D eigenvalue weighted by Crippen LogP contribution is -1.96. The summed E-state index contributed by atoms with van der Waals surface area (Å²) >= 11 is 2.26. The average Bonchev–Trinajstić information content (AvgIpc) is 2.41. The zero-order valence-corrected chi connectivity index (χ0v) is 12.7. The van der Waals surface area contributed by atoms with E-state index >= 15 is 0 Å². The van der Waals surface area contributed by atoms with Crippen LogP contribution in [0.15, 0.2) is 60.8 Å². The second-order valence-electron chi connectivity index (χ2n) is 4.21. The van der Waals surface area contributed by atoms with Gasteiger partial charge < -0.3 is 5.32 Å². The van der Waals surface area contributed by atoms with Gasteiger partial charge in [0.05, 0.1) is 0 Å². The molecule has 1 N–H and O–H groups in total. The van der Waals surface area contributed by atoms with Crippen LogP contribution >= 0.6 is 22.6 Å². The quantitative estimate of drug-likeness (QED) is 0.495. The number of allylic oxidation sites excluding steroid dienone is 1. The van der Waals surface area contributed by atoms with Crippen molar-refractivity contribution in [2.75, 3.05) is 5.32 Å². The molecule has 0 unspecified atom stereocenters. The minimum atomic E-state index is -0.00184. The highest BCUT2D eigenvalue weighted by atomic mass is 127. The van der Waals surface area contributed by atoms with Gasteiger partial charge in [0.25, 0.3) is 0 Å². The molecule has 0 aliphatic heterocycles. The molecule has 0 aliphatic carbocycles. The maximum Gasteiger partial charge on any atom is 0.187 e. The van der Waals surface area contributed by atoms with Crippen molar-refractivity contribution in [1.29, 1.82) is 0 Å². The Morgan fingerprint density at radius 2 is 1.68 bits per heavy atom. The molecule has 0 bridgehead atoms. The van der Waals surface area contributed by atoms with E-state index in [9.17, 15) is 4.79 Å². The number of anilines is 1. The molecule has 0 aliphatic rings. The third-order valence-electron chi connectivity index (χ3n) is 2.67. The maximum atomic E-state index is 11.9. The first-order chi connectivity index (χ1) is 9.15. The summed E-state index contributed by atoms with van der Waals surface area (Å²) in [5.41, 5.74) is 2.82. The molecule has 0 aromatic heterocycles. The van der Waals surface area contributed by atoms with E-state index in [-0.39, 0.29) is 5.78 Å². The summed E-state index contributed by atoms with van der Waals surface area (Å²) in [4.78, 5) is 11.9. The highest BCUT2D eigenvalue weighted by molar-refractivity contribution is 14.1. The largest absolute Gasteiger partial charge is 0.362 e. The van der Waals surface area contributed by atoms with Gasteiger partial charge in [0.1, 0.15) is 0 Å². The van der Waals surface area contributed by atoms with Crippen LogP contribution in [0.4, 0.5) is 5.69 Å². The minimum Gasteiger partial charge on any atom is -0.362 e. The Kier molecular flexibility index (Phi) is 4.74. The van der Waals surface area contributed by atoms with Crippen molar-refractivity contribution >= 4 is 34.1 Å². The van der Waals surface area contributed by atoms with Crippen LogP contribution in [-0.4, -0.2) is 5.78 Å². The lowest BCUT2D eigenvalue weighted by Gasteiger charge is -2.00. The lowest BCUT2D eigenvalue weighted by atomic mass is 10.1. The normalized spacial score (nSPS) is 10.6. The third kappa shape index (κ3) is 4.21. The van der Waals surface area contributed by atoms with E-state index in [1.165, 1.54) is 3.57 Å². The molecule has 0 atom stereocenters. The van der Waals surface area contributed by atoms with Gasteiger partial charge in [-0.15, -0.1) is 0 Å². The minimum absolute atomic E-state index is 0.00184. The fourth-order valence-corrected chi connectivity index (χ4v) is 1.93.